The Labute approximate surface area is 387 Å². The average molecular weight is 873 g/mol. The van der Waals surface area contributed by atoms with Crippen LogP contribution in [0, 0.1) is 0 Å². The van der Waals surface area contributed by atoms with Crippen LogP contribution >= 0.6 is 0 Å². The van der Waals surface area contributed by atoms with Crippen molar-refractivity contribution >= 4 is 17.9 Å². The monoisotopic (exact) mass is 873 g/mol. The molecule has 6 nitrogen and oxygen atoms in total. The molecule has 1 atom stereocenters. The minimum absolute atomic E-state index is 0.0847. The molecule has 0 aromatic heterocycles. The summed E-state index contributed by atoms with van der Waals surface area (Å²) in [5.41, 5.74) is 0. The minimum atomic E-state index is -0.778. The van der Waals surface area contributed by atoms with Crippen molar-refractivity contribution in [1.29, 1.82) is 0 Å². The van der Waals surface area contributed by atoms with Crippen LogP contribution in [-0.4, -0.2) is 37.2 Å². The second-order valence-electron chi connectivity index (χ2n) is 16.4. The molecule has 0 fully saturated rings. The molecule has 0 aliphatic rings. The van der Waals surface area contributed by atoms with Gasteiger partial charge in [-0.1, -0.05) is 214 Å². The highest BCUT2D eigenvalue weighted by molar-refractivity contribution is 5.71. The molecular formula is C57H92O6. The molecule has 0 saturated carbocycles. The highest BCUT2D eigenvalue weighted by Gasteiger charge is 2.19. The van der Waals surface area contributed by atoms with Gasteiger partial charge in [0.2, 0.25) is 0 Å². The van der Waals surface area contributed by atoms with E-state index in [2.05, 4.69) is 130 Å². The van der Waals surface area contributed by atoms with Gasteiger partial charge in [-0.15, -0.1) is 0 Å². The van der Waals surface area contributed by atoms with Crippen LogP contribution in [0.15, 0.2) is 109 Å². The first-order valence-corrected chi connectivity index (χ1v) is 25.4. The van der Waals surface area contributed by atoms with Crippen LogP contribution in [-0.2, 0) is 28.6 Å². The Morgan fingerprint density at radius 2 is 0.619 bits per heavy atom. The van der Waals surface area contributed by atoms with Crippen molar-refractivity contribution in [1.82, 2.24) is 0 Å². The Morgan fingerprint density at radius 1 is 0.333 bits per heavy atom. The smallest absolute Gasteiger partial charge is 0.306 e. The molecular weight excluding hydrogens is 781 g/mol. The quantitative estimate of drug-likeness (QED) is 0.0263. The van der Waals surface area contributed by atoms with Gasteiger partial charge in [0.05, 0.1) is 0 Å². The van der Waals surface area contributed by atoms with E-state index in [1.54, 1.807) is 0 Å². The van der Waals surface area contributed by atoms with Crippen molar-refractivity contribution in [2.75, 3.05) is 13.2 Å². The van der Waals surface area contributed by atoms with E-state index in [0.717, 1.165) is 135 Å². The van der Waals surface area contributed by atoms with Crippen molar-refractivity contribution in [2.24, 2.45) is 0 Å². The third-order valence-electron chi connectivity index (χ3n) is 10.3. The molecule has 0 aliphatic carbocycles. The van der Waals surface area contributed by atoms with Crippen LogP contribution < -0.4 is 0 Å². The topological polar surface area (TPSA) is 78.9 Å². The number of hydrogen-bond donors (Lipinski definition) is 0. The number of ether oxygens (including phenoxy) is 3. The van der Waals surface area contributed by atoms with E-state index < -0.39 is 6.10 Å². The van der Waals surface area contributed by atoms with E-state index in [1.807, 2.05) is 0 Å². The second kappa shape index (κ2) is 50.7. The molecule has 0 saturated heterocycles. The summed E-state index contributed by atoms with van der Waals surface area (Å²) in [5.74, 6) is -0.934. The maximum absolute atomic E-state index is 12.5. The van der Waals surface area contributed by atoms with Crippen molar-refractivity contribution in [3.63, 3.8) is 0 Å². The predicted molar refractivity (Wildman–Crippen MR) is 270 cm³/mol. The van der Waals surface area contributed by atoms with Crippen LogP contribution in [0.5, 0.6) is 0 Å². The molecule has 1 unspecified atom stereocenters. The van der Waals surface area contributed by atoms with E-state index in [4.69, 9.17) is 14.2 Å². The van der Waals surface area contributed by atoms with Gasteiger partial charge < -0.3 is 14.2 Å². The van der Waals surface area contributed by atoms with Gasteiger partial charge in [-0.25, -0.2) is 0 Å². The molecule has 0 bridgehead atoms. The molecule has 0 aromatic carbocycles. The largest absolute Gasteiger partial charge is 0.462 e. The third-order valence-corrected chi connectivity index (χ3v) is 10.3. The maximum atomic E-state index is 12.5. The lowest BCUT2D eigenvalue weighted by molar-refractivity contribution is -0.167. The van der Waals surface area contributed by atoms with E-state index in [9.17, 15) is 14.4 Å². The Kier molecular flexibility index (Phi) is 47.5. The zero-order chi connectivity index (χ0) is 45.8. The number of esters is 3. The summed E-state index contributed by atoms with van der Waals surface area (Å²) in [6.45, 7) is 6.35. The van der Waals surface area contributed by atoms with Gasteiger partial charge in [0, 0.05) is 19.3 Å². The minimum Gasteiger partial charge on any atom is -0.462 e. The summed E-state index contributed by atoms with van der Waals surface area (Å²) in [5, 5.41) is 0. The number of carbonyl (C=O) groups is 3. The zero-order valence-corrected chi connectivity index (χ0v) is 40.5. The predicted octanol–water partition coefficient (Wildman–Crippen LogP) is 16.8. The van der Waals surface area contributed by atoms with Crippen LogP contribution in [0.25, 0.3) is 0 Å². The number of rotatable bonds is 44. The van der Waals surface area contributed by atoms with Crippen molar-refractivity contribution in [2.45, 2.75) is 219 Å². The summed E-state index contributed by atoms with van der Waals surface area (Å²) >= 11 is 0. The molecule has 0 aromatic rings. The van der Waals surface area contributed by atoms with Gasteiger partial charge >= 0.3 is 17.9 Å². The van der Waals surface area contributed by atoms with Gasteiger partial charge in [-0.3, -0.25) is 14.4 Å². The first kappa shape index (κ1) is 59.1. The second-order valence-corrected chi connectivity index (χ2v) is 16.4. The fraction of sp³-hybridized carbons (Fsp3) is 0.632. The maximum Gasteiger partial charge on any atom is 0.306 e. The lowest BCUT2D eigenvalue weighted by Gasteiger charge is -2.18. The van der Waals surface area contributed by atoms with E-state index in [1.165, 1.54) is 38.5 Å². The summed E-state index contributed by atoms with van der Waals surface area (Å²) < 4.78 is 16.5. The molecule has 0 spiro atoms. The summed E-state index contributed by atoms with van der Waals surface area (Å²) in [6, 6.07) is 0. The van der Waals surface area contributed by atoms with Crippen LogP contribution in [0.4, 0.5) is 0 Å². The Bertz CT molecular complexity index is 1330. The molecule has 0 rings (SSSR count). The fourth-order valence-corrected chi connectivity index (χ4v) is 6.49. The van der Waals surface area contributed by atoms with Crippen LogP contribution in [0.2, 0.25) is 0 Å². The molecule has 63 heavy (non-hydrogen) atoms. The van der Waals surface area contributed by atoms with Crippen molar-refractivity contribution < 1.29 is 28.6 Å². The third kappa shape index (κ3) is 49.0. The standard InChI is InChI=1S/C57H92O6/c1-4-7-10-13-16-17-18-19-20-21-22-23-24-25-26-27-28-29-30-31-32-33-34-35-36-37-38-39-40-41-42-45-47-50-56(59)62-53-54(63-57(60)51-48-44-15-12-9-6-3)52-61-55(58)49-46-43-14-11-8-5-2/h7,10,16-17,19-20,22-23,25-26,28-29,31-32,34-35,37-38,54H,4-6,8-9,11-15,18,21,24,27,30,33,36,39-53H2,1-3H3/b10-7-,17-16-,20-19-,23-22-,26-25-,29-28-,32-31-,35-34-,38-37-. The Balaban J connectivity index is 4.03. The van der Waals surface area contributed by atoms with Crippen molar-refractivity contribution in [3.05, 3.63) is 109 Å². The molecule has 0 radical (unpaired) electrons. The SMILES string of the molecule is CC/C=C\C/C=C\C/C=C\C/C=C\C/C=C\C/C=C\C/C=C\C/C=C\C/C=C\CCCCCCCC(=O)OCC(COC(=O)CCCCCCCC)OC(=O)CCCCCCCC. The molecule has 0 N–H and O–H groups in total. The first-order chi connectivity index (χ1) is 31.0. The van der Waals surface area contributed by atoms with Crippen molar-refractivity contribution in [3.8, 4) is 0 Å². The van der Waals surface area contributed by atoms with Gasteiger partial charge in [-0.2, -0.15) is 0 Å². The Morgan fingerprint density at radius 3 is 0.968 bits per heavy atom. The normalized spacial score (nSPS) is 13.0. The van der Waals surface area contributed by atoms with Gasteiger partial charge in [0.15, 0.2) is 6.10 Å². The first-order valence-electron chi connectivity index (χ1n) is 25.4. The number of hydrogen-bond acceptors (Lipinski definition) is 6. The molecule has 356 valence electrons. The molecule has 0 aliphatic heterocycles. The summed E-state index contributed by atoms with van der Waals surface area (Å²) in [4.78, 5) is 37.4. The zero-order valence-electron chi connectivity index (χ0n) is 40.5. The average Bonchev–Trinajstić information content (AvgIpc) is 3.28. The fourth-order valence-electron chi connectivity index (χ4n) is 6.49. The van der Waals surface area contributed by atoms with Crippen LogP contribution in [0.3, 0.4) is 0 Å². The van der Waals surface area contributed by atoms with Gasteiger partial charge in [0.1, 0.15) is 13.2 Å². The highest BCUT2D eigenvalue weighted by Crippen LogP contribution is 2.12. The molecule has 0 amide bonds. The molecule has 6 heteroatoms. The number of carbonyl (C=O) groups excluding carboxylic acids is 3. The Hall–Kier alpha value is -3.93. The van der Waals surface area contributed by atoms with E-state index in [0.29, 0.717) is 19.3 Å². The van der Waals surface area contributed by atoms with Gasteiger partial charge in [0.25, 0.3) is 0 Å². The molecule has 0 heterocycles. The lowest BCUT2D eigenvalue weighted by atomic mass is 10.1. The highest BCUT2D eigenvalue weighted by atomic mass is 16.6. The van der Waals surface area contributed by atoms with Crippen LogP contribution in [0.1, 0.15) is 213 Å². The lowest BCUT2D eigenvalue weighted by Crippen LogP contribution is -2.30. The van der Waals surface area contributed by atoms with E-state index >= 15 is 0 Å². The number of unbranched alkanes of at least 4 members (excludes halogenated alkanes) is 15. The summed E-state index contributed by atoms with van der Waals surface area (Å²) in [7, 11) is 0. The summed E-state index contributed by atoms with van der Waals surface area (Å²) in [6.07, 6.45) is 68.5. The van der Waals surface area contributed by atoms with E-state index in [-0.39, 0.29) is 31.1 Å². The number of allylic oxidation sites excluding steroid dienone is 18. The van der Waals surface area contributed by atoms with Gasteiger partial charge in [-0.05, 0) is 89.9 Å².